The molecule has 0 radical (unpaired) electrons. The maximum atomic E-state index is 12.5. The van der Waals surface area contributed by atoms with Crippen molar-refractivity contribution in [1.82, 2.24) is 4.90 Å². The van der Waals surface area contributed by atoms with E-state index in [2.05, 4.69) is 5.32 Å². The summed E-state index contributed by atoms with van der Waals surface area (Å²) in [6, 6.07) is 7.50. The van der Waals surface area contributed by atoms with Gasteiger partial charge in [0.25, 0.3) is 5.91 Å². The zero-order chi connectivity index (χ0) is 15.1. The van der Waals surface area contributed by atoms with E-state index in [1.807, 2.05) is 29.2 Å². The number of piperidine rings is 1. The molecule has 1 fully saturated rings. The van der Waals surface area contributed by atoms with Crippen LogP contribution in [0.5, 0.6) is 0 Å². The van der Waals surface area contributed by atoms with Crippen molar-refractivity contribution in [1.29, 1.82) is 0 Å². The minimum Gasteiger partial charge on any atom is -0.396 e. The molecule has 0 bridgehead atoms. The smallest absolute Gasteiger partial charge is 0.253 e. The fourth-order valence-electron chi connectivity index (χ4n) is 2.48. The van der Waals surface area contributed by atoms with Crippen molar-refractivity contribution in [3.63, 3.8) is 0 Å². The van der Waals surface area contributed by atoms with Gasteiger partial charge in [-0.2, -0.15) is 0 Å². The molecule has 1 saturated heterocycles. The minimum absolute atomic E-state index is 0.0583. The largest absolute Gasteiger partial charge is 0.396 e. The number of nitrogens with one attached hydrogen (secondary N) is 1. The highest BCUT2D eigenvalue weighted by molar-refractivity contribution is 6.25. The number of aliphatic hydroxyl groups is 1. The molecular formula is C16H21ClN2O2. The maximum absolute atomic E-state index is 12.5. The number of benzene rings is 1. The molecule has 0 aromatic heterocycles. The standard InChI is InChI=1S/C16H21ClN2O2/c17-7-2-8-18-15-4-1-3-14(11-15)16(21)19-9-5-13(12-20)6-10-19/h1-4,7,11,13,18,20H,5-6,8-10,12H2/b7-2+. The molecule has 0 aliphatic carbocycles. The average Bonchev–Trinajstić information content (AvgIpc) is 2.55. The lowest BCUT2D eigenvalue weighted by Crippen LogP contribution is -2.39. The molecule has 1 aliphatic heterocycles. The van der Waals surface area contributed by atoms with Gasteiger partial charge in [-0.25, -0.2) is 0 Å². The Morgan fingerprint density at radius 2 is 2.19 bits per heavy atom. The summed E-state index contributed by atoms with van der Waals surface area (Å²) in [5.41, 5.74) is 3.06. The fraction of sp³-hybridized carbons (Fsp3) is 0.438. The van der Waals surface area contributed by atoms with E-state index in [1.165, 1.54) is 5.54 Å². The third-order valence-corrected chi connectivity index (χ3v) is 3.96. The summed E-state index contributed by atoms with van der Waals surface area (Å²) >= 11 is 5.48. The molecule has 2 N–H and O–H groups in total. The number of hydrogen-bond donors (Lipinski definition) is 2. The third-order valence-electron chi connectivity index (χ3n) is 3.78. The summed E-state index contributed by atoms with van der Waals surface area (Å²) in [6.07, 6.45) is 3.55. The second kappa shape index (κ2) is 8.05. The molecule has 0 unspecified atom stereocenters. The molecule has 2 rings (SSSR count). The Morgan fingerprint density at radius 1 is 1.43 bits per heavy atom. The highest BCUT2D eigenvalue weighted by atomic mass is 35.5. The first-order chi connectivity index (χ1) is 10.2. The second-order valence-corrected chi connectivity index (χ2v) is 5.49. The van der Waals surface area contributed by atoms with E-state index in [-0.39, 0.29) is 12.5 Å². The topological polar surface area (TPSA) is 52.6 Å². The number of halogens is 1. The predicted molar refractivity (Wildman–Crippen MR) is 85.6 cm³/mol. The summed E-state index contributed by atoms with van der Waals surface area (Å²) in [5.74, 6) is 0.396. The number of carbonyl (C=O) groups excluding carboxylic acids is 1. The first-order valence-electron chi connectivity index (χ1n) is 7.24. The van der Waals surface area contributed by atoms with Crippen LogP contribution in [0.4, 0.5) is 5.69 Å². The van der Waals surface area contributed by atoms with Crippen LogP contribution in [0.1, 0.15) is 23.2 Å². The number of amides is 1. The molecule has 1 aliphatic rings. The third kappa shape index (κ3) is 4.48. The molecule has 21 heavy (non-hydrogen) atoms. The molecule has 5 heteroatoms. The van der Waals surface area contributed by atoms with E-state index in [4.69, 9.17) is 16.7 Å². The van der Waals surface area contributed by atoms with E-state index in [9.17, 15) is 4.79 Å². The van der Waals surface area contributed by atoms with Crippen molar-refractivity contribution in [2.45, 2.75) is 12.8 Å². The zero-order valence-electron chi connectivity index (χ0n) is 12.0. The van der Waals surface area contributed by atoms with E-state index in [0.29, 0.717) is 18.0 Å². The van der Waals surface area contributed by atoms with Gasteiger partial charge in [-0.05, 0) is 37.0 Å². The van der Waals surface area contributed by atoms with E-state index in [0.717, 1.165) is 31.6 Å². The molecule has 1 heterocycles. The van der Waals surface area contributed by atoms with Crippen molar-refractivity contribution in [2.24, 2.45) is 5.92 Å². The molecule has 114 valence electrons. The van der Waals surface area contributed by atoms with Crippen molar-refractivity contribution >= 4 is 23.2 Å². The number of likely N-dealkylation sites (tertiary alicyclic amines) is 1. The van der Waals surface area contributed by atoms with E-state index < -0.39 is 0 Å². The molecule has 1 amide bonds. The van der Waals surface area contributed by atoms with Crippen molar-refractivity contribution in [3.8, 4) is 0 Å². The van der Waals surface area contributed by atoms with E-state index in [1.54, 1.807) is 6.08 Å². The minimum atomic E-state index is 0.0583. The Bertz CT molecular complexity index is 497. The van der Waals surface area contributed by atoms with Gasteiger partial charge in [0, 0.05) is 43.0 Å². The Labute approximate surface area is 130 Å². The number of anilines is 1. The lowest BCUT2D eigenvalue weighted by molar-refractivity contribution is 0.0651. The van der Waals surface area contributed by atoms with Crippen LogP contribution < -0.4 is 5.32 Å². The summed E-state index contributed by atoms with van der Waals surface area (Å²) in [7, 11) is 0. The Balaban J connectivity index is 1.97. The second-order valence-electron chi connectivity index (χ2n) is 5.24. The molecule has 4 nitrogen and oxygen atoms in total. The average molecular weight is 309 g/mol. The Morgan fingerprint density at radius 3 is 2.86 bits per heavy atom. The molecule has 0 spiro atoms. The summed E-state index contributed by atoms with van der Waals surface area (Å²) in [5, 5.41) is 12.3. The van der Waals surface area contributed by atoms with Gasteiger partial charge in [-0.15, -0.1) is 0 Å². The highest BCUT2D eigenvalue weighted by Crippen LogP contribution is 2.19. The Kier molecular flexibility index (Phi) is 6.08. The number of aliphatic hydroxyl groups excluding tert-OH is 1. The SMILES string of the molecule is O=C(c1cccc(NC/C=C/Cl)c1)N1CCC(CO)CC1. The fourth-order valence-corrected chi connectivity index (χ4v) is 2.57. The van der Waals surface area contributed by atoms with E-state index >= 15 is 0 Å². The highest BCUT2D eigenvalue weighted by Gasteiger charge is 2.23. The van der Waals surface area contributed by atoms with Gasteiger partial charge < -0.3 is 15.3 Å². The quantitative estimate of drug-likeness (QED) is 0.879. The summed E-state index contributed by atoms with van der Waals surface area (Å²) < 4.78 is 0. The van der Waals surface area contributed by atoms with Crippen molar-refractivity contribution < 1.29 is 9.90 Å². The Hall–Kier alpha value is -1.52. The van der Waals surface area contributed by atoms with Crippen molar-refractivity contribution in [2.75, 3.05) is 31.6 Å². The van der Waals surface area contributed by atoms with Crippen LogP contribution in [0, 0.1) is 5.92 Å². The molecule has 1 aromatic carbocycles. The molecule has 0 atom stereocenters. The normalized spacial score (nSPS) is 16.4. The summed E-state index contributed by atoms with van der Waals surface area (Å²) in [4.78, 5) is 14.3. The van der Waals surface area contributed by atoms with Crippen LogP contribution in [-0.4, -0.2) is 42.2 Å². The van der Waals surface area contributed by atoms with Gasteiger partial charge in [-0.3, -0.25) is 4.79 Å². The maximum Gasteiger partial charge on any atom is 0.253 e. The van der Waals surface area contributed by atoms with Crippen LogP contribution >= 0.6 is 11.6 Å². The van der Waals surface area contributed by atoms with Crippen LogP contribution in [0.3, 0.4) is 0 Å². The van der Waals surface area contributed by atoms with Crippen LogP contribution in [0.25, 0.3) is 0 Å². The lowest BCUT2D eigenvalue weighted by Gasteiger charge is -2.31. The predicted octanol–water partition coefficient (Wildman–Crippen LogP) is 2.70. The molecule has 0 saturated carbocycles. The van der Waals surface area contributed by atoms with Crippen molar-refractivity contribution in [3.05, 3.63) is 41.4 Å². The molecular weight excluding hydrogens is 288 g/mol. The lowest BCUT2D eigenvalue weighted by atomic mass is 9.97. The molecule has 1 aromatic rings. The van der Waals surface area contributed by atoms with Gasteiger partial charge >= 0.3 is 0 Å². The number of hydrogen-bond acceptors (Lipinski definition) is 3. The number of carbonyl (C=O) groups is 1. The first-order valence-corrected chi connectivity index (χ1v) is 7.67. The monoisotopic (exact) mass is 308 g/mol. The zero-order valence-corrected chi connectivity index (χ0v) is 12.7. The van der Waals surface area contributed by atoms with Gasteiger partial charge in [0.1, 0.15) is 0 Å². The van der Waals surface area contributed by atoms with Crippen LogP contribution in [0.15, 0.2) is 35.9 Å². The summed E-state index contributed by atoms with van der Waals surface area (Å²) in [6.45, 7) is 2.28. The van der Waals surface area contributed by atoms with Gasteiger partial charge in [0.15, 0.2) is 0 Å². The van der Waals surface area contributed by atoms with Crippen LogP contribution in [0.2, 0.25) is 0 Å². The van der Waals surface area contributed by atoms with Gasteiger partial charge in [-0.1, -0.05) is 23.7 Å². The van der Waals surface area contributed by atoms with Crippen LogP contribution in [-0.2, 0) is 0 Å². The first kappa shape index (κ1) is 15.9. The number of rotatable bonds is 5. The number of nitrogens with zero attached hydrogens (tertiary/aromatic N) is 1. The van der Waals surface area contributed by atoms with Gasteiger partial charge in [0.05, 0.1) is 0 Å². The van der Waals surface area contributed by atoms with Gasteiger partial charge in [0.2, 0.25) is 0 Å².